The van der Waals surface area contributed by atoms with E-state index in [1.54, 1.807) is 12.1 Å². The molecule has 0 aliphatic rings. The van der Waals surface area contributed by atoms with Gasteiger partial charge in [0.15, 0.2) is 0 Å². The van der Waals surface area contributed by atoms with Crippen molar-refractivity contribution >= 4 is 11.8 Å². The van der Waals surface area contributed by atoms with Crippen molar-refractivity contribution in [3.8, 4) is 0 Å². The van der Waals surface area contributed by atoms with Crippen molar-refractivity contribution < 1.29 is 22.8 Å². The highest BCUT2D eigenvalue weighted by Crippen LogP contribution is 2.29. The lowest BCUT2D eigenvalue weighted by atomic mass is 10.0. The molecule has 0 radical (unpaired) electrons. The lowest BCUT2D eigenvalue weighted by Gasteiger charge is -2.16. The van der Waals surface area contributed by atoms with Crippen LogP contribution in [0.4, 0.5) is 13.2 Å². The van der Waals surface area contributed by atoms with Crippen LogP contribution in [0.1, 0.15) is 27.0 Å². The third-order valence-electron chi connectivity index (χ3n) is 3.62. The van der Waals surface area contributed by atoms with E-state index in [0.717, 1.165) is 29.3 Å². The van der Waals surface area contributed by atoms with E-state index in [1.165, 1.54) is 6.07 Å². The highest BCUT2D eigenvalue weighted by Gasteiger charge is 2.31. The predicted octanol–water partition coefficient (Wildman–Crippen LogP) is 2.84. The minimum Gasteiger partial charge on any atom is -0.368 e. The van der Waals surface area contributed by atoms with Gasteiger partial charge in [-0.05, 0) is 30.7 Å². The number of halogens is 3. The fraction of sp³-hybridized carbons (Fsp3) is 0.222. The Balaban J connectivity index is 2.17. The summed E-state index contributed by atoms with van der Waals surface area (Å²) in [6.07, 6.45) is -4.40. The van der Waals surface area contributed by atoms with Gasteiger partial charge in [0, 0.05) is 12.0 Å². The number of nitrogens with one attached hydrogen (secondary N) is 1. The summed E-state index contributed by atoms with van der Waals surface area (Å²) in [5.41, 5.74) is 5.95. The number of rotatable bonds is 5. The third kappa shape index (κ3) is 5.07. The number of carbonyl (C=O) groups excluding carboxylic acids is 2. The van der Waals surface area contributed by atoms with Crippen molar-refractivity contribution in [1.82, 2.24) is 5.32 Å². The maximum absolute atomic E-state index is 12.7. The van der Waals surface area contributed by atoms with E-state index >= 15 is 0 Å². The second kappa shape index (κ2) is 7.38. The Bertz CT molecular complexity index is 788. The van der Waals surface area contributed by atoms with E-state index in [2.05, 4.69) is 5.32 Å². The highest BCUT2D eigenvalue weighted by atomic mass is 19.4. The summed E-state index contributed by atoms with van der Waals surface area (Å²) in [6, 6.07) is 10.3. The smallest absolute Gasteiger partial charge is 0.368 e. The first-order chi connectivity index (χ1) is 11.7. The molecule has 0 fully saturated rings. The highest BCUT2D eigenvalue weighted by molar-refractivity contribution is 5.97. The van der Waals surface area contributed by atoms with Gasteiger partial charge in [0.2, 0.25) is 5.91 Å². The number of hydrogen-bond acceptors (Lipinski definition) is 2. The first-order valence-electron chi connectivity index (χ1n) is 7.50. The summed E-state index contributed by atoms with van der Waals surface area (Å²) < 4.78 is 38.2. The van der Waals surface area contributed by atoms with Gasteiger partial charge < -0.3 is 11.1 Å². The number of hydrogen-bond donors (Lipinski definition) is 2. The topological polar surface area (TPSA) is 72.2 Å². The van der Waals surface area contributed by atoms with Crippen LogP contribution in [-0.2, 0) is 17.4 Å². The van der Waals surface area contributed by atoms with Gasteiger partial charge in [-0.25, -0.2) is 0 Å². The predicted molar refractivity (Wildman–Crippen MR) is 86.8 cm³/mol. The third-order valence-corrected chi connectivity index (χ3v) is 3.62. The molecule has 2 aromatic rings. The quantitative estimate of drug-likeness (QED) is 0.870. The second-order valence-corrected chi connectivity index (χ2v) is 5.70. The molecule has 2 aromatic carbocycles. The van der Waals surface area contributed by atoms with Crippen LogP contribution < -0.4 is 11.1 Å². The van der Waals surface area contributed by atoms with Gasteiger partial charge in [-0.1, -0.05) is 35.9 Å². The molecule has 25 heavy (non-hydrogen) atoms. The monoisotopic (exact) mass is 350 g/mol. The summed E-state index contributed by atoms with van der Waals surface area (Å²) in [6.45, 7) is 1.88. The van der Waals surface area contributed by atoms with Crippen molar-refractivity contribution in [1.29, 1.82) is 0 Å². The molecule has 132 valence electrons. The molecule has 0 unspecified atom stereocenters. The second-order valence-electron chi connectivity index (χ2n) is 5.70. The molecule has 3 N–H and O–H groups in total. The Labute approximate surface area is 142 Å². The zero-order valence-corrected chi connectivity index (χ0v) is 13.4. The molecule has 0 bridgehead atoms. The lowest BCUT2D eigenvalue weighted by molar-refractivity contribution is -0.137. The maximum Gasteiger partial charge on any atom is 0.416 e. The molecule has 0 saturated carbocycles. The summed E-state index contributed by atoms with van der Waals surface area (Å²) >= 11 is 0. The number of nitrogens with two attached hydrogens (primary N) is 1. The molecular formula is C18H17F3N2O2. The van der Waals surface area contributed by atoms with Gasteiger partial charge in [-0.3, -0.25) is 9.59 Å². The Morgan fingerprint density at radius 3 is 2.40 bits per heavy atom. The van der Waals surface area contributed by atoms with Crippen molar-refractivity contribution in [3.63, 3.8) is 0 Å². The van der Waals surface area contributed by atoms with Gasteiger partial charge in [0.05, 0.1) is 5.56 Å². The fourth-order valence-electron chi connectivity index (χ4n) is 2.38. The molecule has 2 rings (SSSR count). The Hall–Kier alpha value is -2.83. The van der Waals surface area contributed by atoms with Gasteiger partial charge in [-0.15, -0.1) is 0 Å². The Kier molecular flexibility index (Phi) is 5.46. The molecule has 0 heterocycles. The van der Waals surface area contributed by atoms with Gasteiger partial charge >= 0.3 is 6.18 Å². The van der Waals surface area contributed by atoms with Crippen LogP contribution in [0.3, 0.4) is 0 Å². The van der Waals surface area contributed by atoms with E-state index in [0.29, 0.717) is 0 Å². The van der Waals surface area contributed by atoms with Crippen LogP contribution in [0.2, 0.25) is 0 Å². The van der Waals surface area contributed by atoms with Crippen LogP contribution in [0.25, 0.3) is 0 Å². The number of carbonyl (C=O) groups is 2. The number of aryl methyl sites for hydroxylation is 1. The summed E-state index contributed by atoms with van der Waals surface area (Å²) in [4.78, 5) is 23.8. The average molecular weight is 350 g/mol. The molecule has 1 atom stereocenters. The number of benzene rings is 2. The van der Waals surface area contributed by atoms with Gasteiger partial charge in [-0.2, -0.15) is 13.2 Å². The maximum atomic E-state index is 12.7. The molecule has 7 heteroatoms. The minimum atomic E-state index is -4.55. The van der Waals surface area contributed by atoms with E-state index in [1.807, 2.05) is 19.1 Å². The van der Waals surface area contributed by atoms with E-state index in [4.69, 9.17) is 5.73 Å². The summed E-state index contributed by atoms with van der Waals surface area (Å²) in [5, 5.41) is 2.40. The summed E-state index contributed by atoms with van der Waals surface area (Å²) in [5.74, 6) is -1.55. The standard InChI is InChI=1S/C18H17F3N2O2/c1-11-4-2-5-12(8-11)9-15(16(22)24)23-17(25)13-6-3-7-14(10-13)18(19,20)21/h2-8,10,15H,9H2,1H3,(H2,22,24)(H,23,25)/t15-/m1/s1. The molecule has 0 aliphatic heterocycles. The van der Waals surface area contributed by atoms with E-state index in [9.17, 15) is 22.8 Å². The SMILES string of the molecule is Cc1cccc(C[C@@H](NC(=O)c2cccc(C(F)(F)F)c2)C(N)=O)c1. The van der Waals surface area contributed by atoms with Crippen molar-refractivity contribution in [2.45, 2.75) is 25.6 Å². The van der Waals surface area contributed by atoms with E-state index in [-0.39, 0.29) is 12.0 Å². The Morgan fingerprint density at radius 1 is 1.12 bits per heavy atom. The van der Waals surface area contributed by atoms with Crippen LogP contribution in [0.15, 0.2) is 48.5 Å². The summed E-state index contributed by atoms with van der Waals surface area (Å²) in [7, 11) is 0. The molecule has 0 saturated heterocycles. The van der Waals surface area contributed by atoms with Gasteiger partial charge in [0.1, 0.15) is 6.04 Å². The first kappa shape index (κ1) is 18.5. The average Bonchev–Trinajstić information content (AvgIpc) is 2.53. The van der Waals surface area contributed by atoms with Crippen LogP contribution in [0, 0.1) is 6.92 Å². The molecule has 0 spiro atoms. The molecule has 4 nitrogen and oxygen atoms in total. The van der Waals surface area contributed by atoms with Crippen molar-refractivity contribution in [2.24, 2.45) is 5.73 Å². The number of primary amides is 1. The first-order valence-corrected chi connectivity index (χ1v) is 7.50. The molecule has 0 aromatic heterocycles. The minimum absolute atomic E-state index is 0.154. The normalized spacial score (nSPS) is 12.5. The van der Waals surface area contributed by atoms with Crippen LogP contribution in [0.5, 0.6) is 0 Å². The van der Waals surface area contributed by atoms with Crippen molar-refractivity contribution in [3.05, 3.63) is 70.8 Å². The fourth-order valence-corrected chi connectivity index (χ4v) is 2.38. The van der Waals surface area contributed by atoms with Crippen LogP contribution in [-0.4, -0.2) is 17.9 Å². The molecule has 2 amide bonds. The lowest BCUT2D eigenvalue weighted by Crippen LogP contribution is -2.45. The van der Waals surface area contributed by atoms with Gasteiger partial charge in [0.25, 0.3) is 5.91 Å². The van der Waals surface area contributed by atoms with Crippen molar-refractivity contribution in [2.75, 3.05) is 0 Å². The van der Waals surface area contributed by atoms with Crippen LogP contribution >= 0.6 is 0 Å². The number of amides is 2. The zero-order valence-electron chi connectivity index (χ0n) is 13.4. The molecule has 0 aliphatic carbocycles. The van der Waals surface area contributed by atoms with E-state index < -0.39 is 29.6 Å². The largest absolute Gasteiger partial charge is 0.416 e. The molecular weight excluding hydrogens is 333 g/mol. The Morgan fingerprint density at radius 2 is 1.80 bits per heavy atom. The number of alkyl halides is 3. The zero-order chi connectivity index (χ0) is 18.6.